The summed E-state index contributed by atoms with van der Waals surface area (Å²) in [7, 11) is 0. The van der Waals surface area contributed by atoms with Gasteiger partial charge in [0.15, 0.2) is 0 Å². The molecule has 0 atom stereocenters. The second-order valence-electron chi connectivity index (χ2n) is 8.43. The molecule has 0 aliphatic rings. The highest BCUT2D eigenvalue weighted by molar-refractivity contribution is 5.89. The molecule has 0 unspecified atom stereocenters. The van der Waals surface area contributed by atoms with Crippen LogP contribution in [-0.2, 0) is 0 Å². The topological polar surface area (TPSA) is 145 Å². The van der Waals surface area contributed by atoms with Gasteiger partial charge in [0.05, 0.1) is 15.9 Å². The first-order valence-electron chi connectivity index (χ1n) is 11.9. The van der Waals surface area contributed by atoms with Gasteiger partial charge < -0.3 is 9.15 Å². The highest BCUT2D eigenvalue weighted by atomic mass is 16.6. The van der Waals surface area contributed by atoms with Crippen molar-refractivity contribution in [3.05, 3.63) is 134 Å². The quantitative estimate of drug-likeness (QED) is 0.113. The first-order chi connectivity index (χ1) is 19.4. The molecule has 0 spiro atoms. The predicted molar refractivity (Wildman–Crippen MR) is 148 cm³/mol. The van der Waals surface area contributed by atoms with E-state index in [1.165, 1.54) is 12.3 Å². The van der Waals surface area contributed by atoms with Crippen LogP contribution in [0.4, 0.5) is 17.3 Å². The third kappa shape index (κ3) is 5.29. The summed E-state index contributed by atoms with van der Waals surface area (Å²) in [5, 5.41) is 32.3. The number of nitro benzene ring substituents is 2. The molecule has 4 aromatic carbocycles. The molecule has 10 nitrogen and oxygen atoms in total. The van der Waals surface area contributed by atoms with Crippen molar-refractivity contribution in [1.82, 2.24) is 0 Å². The van der Waals surface area contributed by atoms with Gasteiger partial charge in [-0.2, -0.15) is 5.26 Å². The van der Waals surface area contributed by atoms with Gasteiger partial charge in [-0.15, -0.1) is 0 Å². The zero-order valence-corrected chi connectivity index (χ0v) is 20.6. The van der Waals surface area contributed by atoms with E-state index in [0.29, 0.717) is 22.5 Å². The lowest BCUT2D eigenvalue weighted by Gasteiger charge is -2.06. The Morgan fingerprint density at radius 2 is 1.48 bits per heavy atom. The van der Waals surface area contributed by atoms with E-state index in [4.69, 9.17) is 9.15 Å². The van der Waals surface area contributed by atoms with Gasteiger partial charge in [-0.05, 0) is 41.5 Å². The van der Waals surface area contributed by atoms with Gasteiger partial charge in [-0.1, -0.05) is 60.7 Å². The third-order valence-electron chi connectivity index (χ3n) is 5.89. The summed E-state index contributed by atoms with van der Waals surface area (Å²) in [6.45, 7) is 0. The number of nitrogens with zero attached hydrogens (tertiary/aromatic N) is 4. The van der Waals surface area contributed by atoms with E-state index in [2.05, 4.69) is 11.1 Å². The molecule has 0 amide bonds. The van der Waals surface area contributed by atoms with Crippen molar-refractivity contribution in [2.24, 2.45) is 4.99 Å². The van der Waals surface area contributed by atoms with Crippen LogP contribution in [0.3, 0.4) is 0 Å². The highest BCUT2D eigenvalue weighted by Crippen LogP contribution is 2.42. The molecule has 194 valence electrons. The normalized spacial score (nSPS) is 10.8. The number of nitriles is 1. The average Bonchev–Trinajstić information content (AvgIpc) is 3.36. The van der Waals surface area contributed by atoms with Gasteiger partial charge in [-0.3, -0.25) is 20.2 Å². The van der Waals surface area contributed by atoms with Crippen LogP contribution in [0.5, 0.6) is 11.5 Å². The predicted octanol–water partition coefficient (Wildman–Crippen LogP) is 7.84. The number of benzene rings is 4. The maximum absolute atomic E-state index is 11.4. The Balaban J connectivity index is 1.44. The van der Waals surface area contributed by atoms with Gasteiger partial charge in [0.2, 0.25) is 11.6 Å². The van der Waals surface area contributed by atoms with Crippen LogP contribution in [0.25, 0.3) is 22.5 Å². The Labute approximate surface area is 227 Å². The lowest BCUT2D eigenvalue weighted by molar-refractivity contribution is -0.394. The minimum Gasteiger partial charge on any atom is -0.450 e. The maximum atomic E-state index is 11.4. The van der Waals surface area contributed by atoms with Gasteiger partial charge in [0, 0.05) is 23.4 Å². The van der Waals surface area contributed by atoms with Crippen LogP contribution in [-0.4, -0.2) is 16.1 Å². The number of hydrogen-bond donors (Lipinski definition) is 0. The minimum atomic E-state index is -0.743. The smallest absolute Gasteiger partial charge is 0.318 e. The Hall–Kier alpha value is -6.08. The number of ether oxygens (including phenoxy) is 1. The van der Waals surface area contributed by atoms with Gasteiger partial charge >= 0.3 is 5.69 Å². The molecule has 5 aromatic rings. The summed E-state index contributed by atoms with van der Waals surface area (Å²) in [6, 6.07) is 30.8. The first kappa shape index (κ1) is 25.6. The molecule has 1 aromatic heterocycles. The van der Waals surface area contributed by atoms with Crippen molar-refractivity contribution in [1.29, 1.82) is 5.26 Å². The van der Waals surface area contributed by atoms with Crippen molar-refractivity contribution in [3.8, 4) is 40.0 Å². The summed E-state index contributed by atoms with van der Waals surface area (Å²) in [5.41, 5.74) is 2.29. The molecule has 40 heavy (non-hydrogen) atoms. The molecule has 0 aliphatic heterocycles. The summed E-state index contributed by atoms with van der Waals surface area (Å²) in [4.78, 5) is 25.3. The number of rotatable bonds is 8. The van der Waals surface area contributed by atoms with Crippen LogP contribution in [0, 0.1) is 31.6 Å². The van der Waals surface area contributed by atoms with Crippen LogP contribution in [0.1, 0.15) is 11.1 Å². The van der Waals surface area contributed by atoms with E-state index in [1.54, 1.807) is 24.3 Å². The average molecular weight is 530 g/mol. The molecule has 0 saturated heterocycles. The monoisotopic (exact) mass is 530 g/mol. The summed E-state index contributed by atoms with van der Waals surface area (Å²) < 4.78 is 11.7. The molecule has 5 rings (SSSR count). The molecule has 0 saturated carbocycles. The SMILES string of the molecule is N#Cc1c(N=Cc2ccc(Oc3ccc([N+](=O)[O-])cc3[N+](=O)[O-])cc2)oc(-c2ccccc2)c1-c1ccccc1. The molecule has 0 N–H and O–H groups in total. The Kier molecular flexibility index (Phi) is 7.11. The van der Waals surface area contributed by atoms with Crippen LogP contribution in [0.2, 0.25) is 0 Å². The van der Waals surface area contributed by atoms with E-state index in [0.717, 1.165) is 23.3 Å². The fourth-order valence-corrected chi connectivity index (χ4v) is 4.02. The van der Waals surface area contributed by atoms with Gasteiger partial charge in [0.1, 0.15) is 23.1 Å². The lowest BCUT2D eigenvalue weighted by Crippen LogP contribution is -1.96. The van der Waals surface area contributed by atoms with E-state index in [-0.39, 0.29) is 17.4 Å². The molecule has 0 aliphatic carbocycles. The second kappa shape index (κ2) is 11.1. The van der Waals surface area contributed by atoms with Crippen molar-refractivity contribution in [2.75, 3.05) is 0 Å². The Morgan fingerprint density at radius 1 is 0.825 bits per heavy atom. The standard InChI is InChI=1S/C30H18N4O6/c31-18-25-28(21-7-3-1-4-8-21)29(22-9-5-2-6-10-22)40-30(25)32-19-20-11-14-24(15-12-20)39-27-16-13-23(33(35)36)17-26(27)34(37)38/h1-17,19H. The van der Waals surface area contributed by atoms with Gasteiger partial charge in [-0.25, -0.2) is 4.99 Å². The number of furan rings is 1. The largest absolute Gasteiger partial charge is 0.450 e. The van der Waals surface area contributed by atoms with Crippen LogP contribution in [0.15, 0.2) is 113 Å². The second-order valence-corrected chi connectivity index (χ2v) is 8.43. The highest BCUT2D eigenvalue weighted by Gasteiger charge is 2.23. The van der Waals surface area contributed by atoms with E-state index >= 15 is 0 Å². The molecule has 10 heteroatoms. The van der Waals surface area contributed by atoms with Crippen LogP contribution < -0.4 is 4.74 Å². The zero-order chi connectivity index (χ0) is 28.1. The molecular weight excluding hydrogens is 512 g/mol. The fraction of sp³-hybridized carbons (Fsp3) is 0. The van der Waals surface area contributed by atoms with Crippen molar-refractivity contribution in [3.63, 3.8) is 0 Å². The third-order valence-corrected chi connectivity index (χ3v) is 5.89. The number of nitro groups is 2. The molecule has 0 fully saturated rings. The van der Waals surface area contributed by atoms with E-state index in [9.17, 15) is 25.5 Å². The molecular formula is C30H18N4O6. The molecule has 1 heterocycles. The number of hydrogen-bond acceptors (Lipinski definition) is 8. The van der Waals surface area contributed by atoms with E-state index < -0.39 is 21.2 Å². The van der Waals surface area contributed by atoms with Gasteiger partial charge in [0.25, 0.3) is 5.69 Å². The first-order valence-corrected chi connectivity index (χ1v) is 11.9. The molecule has 0 radical (unpaired) electrons. The van der Waals surface area contributed by atoms with Crippen molar-refractivity contribution in [2.45, 2.75) is 0 Å². The number of non-ortho nitro benzene ring substituents is 1. The minimum absolute atomic E-state index is 0.131. The zero-order valence-electron chi connectivity index (χ0n) is 20.6. The maximum Gasteiger partial charge on any atom is 0.318 e. The van der Waals surface area contributed by atoms with Crippen molar-refractivity contribution < 1.29 is 19.0 Å². The lowest BCUT2D eigenvalue weighted by atomic mass is 9.98. The van der Waals surface area contributed by atoms with Crippen LogP contribution >= 0.6 is 0 Å². The summed E-state index contributed by atoms with van der Waals surface area (Å²) >= 11 is 0. The molecule has 0 bridgehead atoms. The Bertz CT molecular complexity index is 1770. The summed E-state index contributed by atoms with van der Waals surface area (Å²) in [5.74, 6) is 0.835. The Morgan fingerprint density at radius 3 is 2.08 bits per heavy atom. The summed E-state index contributed by atoms with van der Waals surface area (Å²) in [6.07, 6.45) is 1.53. The fourth-order valence-electron chi connectivity index (χ4n) is 4.02. The van der Waals surface area contributed by atoms with Crippen molar-refractivity contribution >= 4 is 23.5 Å². The van der Waals surface area contributed by atoms with E-state index in [1.807, 2.05) is 60.7 Å². The number of aliphatic imine (C=N–C) groups is 1.